The molecule has 0 unspecified atom stereocenters. The van der Waals surface area contributed by atoms with Gasteiger partial charge in [0.2, 0.25) is 0 Å². The summed E-state index contributed by atoms with van der Waals surface area (Å²) < 4.78 is -0.242. The molecule has 1 saturated carbocycles. The normalized spacial score (nSPS) is 29.6. The predicted octanol–water partition coefficient (Wildman–Crippen LogP) is 3.38. The van der Waals surface area contributed by atoms with Crippen molar-refractivity contribution in [1.82, 2.24) is 0 Å². The first kappa shape index (κ1) is 11.0. The van der Waals surface area contributed by atoms with Crippen molar-refractivity contribution < 1.29 is 9.90 Å². The third kappa shape index (κ3) is 1.91. The van der Waals surface area contributed by atoms with Gasteiger partial charge in [-0.3, -0.25) is 0 Å². The van der Waals surface area contributed by atoms with Crippen molar-refractivity contribution in [3.05, 3.63) is 35.4 Å². The van der Waals surface area contributed by atoms with Crippen LogP contribution in [-0.4, -0.2) is 16.5 Å². The third-order valence-electron chi connectivity index (χ3n) is 2.73. The zero-order valence-corrected chi connectivity index (χ0v) is 10.3. The number of carboxylic acid groups (broad SMARTS) is 1. The molecule has 1 aromatic carbocycles. The topological polar surface area (TPSA) is 37.3 Å². The molecule has 0 aliphatic heterocycles. The quantitative estimate of drug-likeness (QED) is 0.848. The van der Waals surface area contributed by atoms with E-state index in [1.807, 2.05) is 12.1 Å². The van der Waals surface area contributed by atoms with E-state index in [-0.39, 0.29) is 9.70 Å². The molecule has 0 heterocycles. The first-order valence-electron chi connectivity index (χ1n) is 4.69. The molecule has 2 rings (SSSR count). The lowest BCUT2D eigenvalue weighted by molar-refractivity contribution is 0.0694. The highest BCUT2D eigenvalue weighted by molar-refractivity contribution is 9.09. The van der Waals surface area contributed by atoms with Crippen LogP contribution in [0.4, 0.5) is 0 Å². The van der Waals surface area contributed by atoms with Gasteiger partial charge in [0.1, 0.15) is 0 Å². The van der Waals surface area contributed by atoms with Gasteiger partial charge >= 0.3 is 5.97 Å². The van der Waals surface area contributed by atoms with Crippen LogP contribution in [0, 0.1) is 0 Å². The fraction of sp³-hybridized carbons (Fsp3) is 0.364. The summed E-state index contributed by atoms with van der Waals surface area (Å²) in [4.78, 5) is 11.0. The second-order valence-corrected chi connectivity index (χ2v) is 5.96. The fourth-order valence-electron chi connectivity index (χ4n) is 1.92. The average molecular weight is 290 g/mol. The van der Waals surface area contributed by atoms with Gasteiger partial charge in [-0.15, -0.1) is 11.6 Å². The SMILES string of the molecule is O=C(O)c1ccccc1C1(Br)CC(Cl)C1. The zero-order chi connectivity index (χ0) is 11.1. The molecule has 1 fully saturated rings. The van der Waals surface area contributed by atoms with Crippen LogP contribution in [0.25, 0.3) is 0 Å². The van der Waals surface area contributed by atoms with Gasteiger partial charge in [0.25, 0.3) is 0 Å². The van der Waals surface area contributed by atoms with Crippen molar-refractivity contribution >= 4 is 33.5 Å². The van der Waals surface area contributed by atoms with Crippen LogP contribution in [-0.2, 0) is 4.32 Å². The van der Waals surface area contributed by atoms with E-state index in [1.165, 1.54) is 0 Å². The second kappa shape index (κ2) is 3.80. The minimum absolute atomic E-state index is 0.145. The van der Waals surface area contributed by atoms with Crippen LogP contribution in [0.3, 0.4) is 0 Å². The van der Waals surface area contributed by atoms with E-state index < -0.39 is 5.97 Å². The summed E-state index contributed by atoms with van der Waals surface area (Å²) >= 11 is 9.53. The summed E-state index contributed by atoms with van der Waals surface area (Å²) in [5, 5.41) is 9.21. The molecule has 1 aromatic rings. The zero-order valence-electron chi connectivity index (χ0n) is 7.91. The van der Waals surface area contributed by atoms with Crippen LogP contribution in [0.15, 0.2) is 24.3 Å². The molecule has 0 saturated heterocycles. The highest BCUT2D eigenvalue weighted by atomic mass is 79.9. The monoisotopic (exact) mass is 288 g/mol. The maximum absolute atomic E-state index is 11.0. The van der Waals surface area contributed by atoms with Crippen molar-refractivity contribution in [2.75, 3.05) is 0 Å². The Bertz CT molecular complexity index is 399. The number of rotatable bonds is 2. The van der Waals surface area contributed by atoms with Gasteiger partial charge in [-0.25, -0.2) is 4.79 Å². The van der Waals surface area contributed by atoms with Crippen molar-refractivity contribution in [3.8, 4) is 0 Å². The molecule has 0 atom stereocenters. The Kier molecular flexibility index (Phi) is 2.77. The van der Waals surface area contributed by atoms with E-state index in [0.29, 0.717) is 5.56 Å². The molecular formula is C11H10BrClO2. The van der Waals surface area contributed by atoms with Gasteiger partial charge in [-0.1, -0.05) is 34.1 Å². The molecule has 0 amide bonds. The highest BCUT2D eigenvalue weighted by Gasteiger charge is 2.44. The Labute approximate surface area is 101 Å². The lowest BCUT2D eigenvalue weighted by Gasteiger charge is -2.41. The summed E-state index contributed by atoms with van der Waals surface area (Å²) in [7, 11) is 0. The molecular weight excluding hydrogens is 279 g/mol. The standard InChI is InChI=1S/C11H10BrClO2/c12-11(5-7(13)6-11)9-4-2-1-3-8(9)10(14)15/h1-4,7H,5-6H2,(H,14,15). The van der Waals surface area contributed by atoms with Crippen LogP contribution in [0.2, 0.25) is 0 Å². The number of halogens is 2. The molecule has 4 heteroatoms. The summed E-state index contributed by atoms with van der Waals surface area (Å²) in [5.41, 5.74) is 1.19. The number of hydrogen-bond donors (Lipinski definition) is 1. The van der Waals surface area contributed by atoms with Crippen LogP contribution >= 0.6 is 27.5 Å². The molecule has 15 heavy (non-hydrogen) atoms. The van der Waals surface area contributed by atoms with Crippen LogP contribution in [0.5, 0.6) is 0 Å². The van der Waals surface area contributed by atoms with Gasteiger partial charge in [0.05, 0.1) is 9.89 Å². The fourth-order valence-corrected chi connectivity index (χ4v) is 3.95. The van der Waals surface area contributed by atoms with Crippen molar-refractivity contribution in [2.24, 2.45) is 0 Å². The van der Waals surface area contributed by atoms with Crippen molar-refractivity contribution in [1.29, 1.82) is 0 Å². The first-order valence-corrected chi connectivity index (χ1v) is 5.92. The molecule has 0 spiro atoms. The minimum Gasteiger partial charge on any atom is -0.478 e. The molecule has 1 N–H and O–H groups in total. The van der Waals surface area contributed by atoms with Crippen LogP contribution in [0.1, 0.15) is 28.8 Å². The number of alkyl halides is 2. The minimum atomic E-state index is -0.887. The van der Waals surface area contributed by atoms with E-state index in [4.69, 9.17) is 16.7 Å². The van der Waals surface area contributed by atoms with E-state index >= 15 is 0 Å². The van der Waals surface area contributed by atoms with Gasteiger partial charge in [0.15, 0.2) is 0 Å². The summed E-state index contributed by atoms with van der Waals surface area (Å²) in [5.74, 6) is -0.887. The summed E-state index contributed by atoms with van der Waals surface area (Å²) in [6.45, 7) is 0. The summed E-state index contributed by atoms with van der Waals surface area (Å²) in [6.07, 6.45) is 1.55. The number of benzene rings is 1. The largest absolute Gasteiger partial charge is 0.478 e. The molecule has 0 radical (unpaired) electrons. The second-order valence-electron chi connectivity index (χ2n) is 3.82. The van der Waals surface area contributed by atoms with E-state index in [1.54, 1.807) is 12.1 Å². The molecule has 0 bridgehead atoms. The third-order valence-corrected chi connectivity index (χ3v) is 4.11. The molecule has 2 nitrogen and oxygen atoms in total. The Morgan fingerprint density at radius 3 is 2.60 bits per heavy atom. The first-order chi connectivity index (χ1) is 7.03. The molecule has 1 aliphatic carbocycles. The smallest absolute Gasteiger partial charge is 0.336 e. The van der Waals surface area contributed by atoms with E-state index in [2.05, 4.69) is 15.9 Å². The van der Waals surface area contributed by atoms with Crippen molar-refractivity contribution in [2.45, 2.75) is 22.5 Å². The van der Waals surface area contributed by atoms with Gasteiger partial charge in [0, 0.05) is 5.38 Å². The van der Waals surface area contributed by atoms with Crippen LogP contribution < -0.4 is 0 Å². The maximum atomic E-state index is 11.0. The van der Waals surface area contributed by atoms with Gasteiger partial charge in [-0.05, 0) is 24.5 Å². The Balaban J connectivity index is 2.40. The number of hydrogen-bond acceptors (Lipinski definition) is 1. The van der Waals surface area contributed by atoms with Gasteiger partial charge < -0.3 is 5.11 Å². The lowest BCUT2D eigenvalue weighted by Crippen LogP contribution is -2.37. The highest BCUT2D eigenvalue weighted by Crippen LogP contribution is 2.52. The molecule has 0 aromatic heterocycles. The van der Waals surface area contributed by atoms with Crippen molar-refractivity contribution in [3.63, 3.8) is 0 Å². The number of carboxylic acids is 1. The lowest BCUT2D eigenvalue weighted by atomic mass is 9.77. The number of aromatic carboxylic acids is 1. The maximum Gasteiger partial charge on any atom is 0.336 e. The van der Waals surface area contributed by atoms with E-state index in [0.717, 1.165) is 18.4 Å². The van der Waals surface area contributed by atoms with Gasteiger partial charge in [-0.2, -0.15) is 0 Å². The Morgan fingerprint density at radius 2 is 2.07 bits per heavy atom. The Hall–Kier alpha value is -0.540. The predicted molar refractivity (Wildman–Crippen MR) is 62.9 cm³/mol. The average Bonchev–Trinajstić information content (AvgIpc) is 2.15. The molecule has 1 aliphatic rings. The van der Waals surface area contributed by atoms with E-state index in [9.17, 15) is 4.79 Å². The Morgan fingerprint density at radius 1 is 1.47 bits per heavy atom. The molecule has 80 valence electrons. The summed E-state index contributed by atoms with van der Waals surface area (Å²) in [6, 6.07) is 7.07. The number of carbonyl (C=O) groups is 1.